The average molecular weight is 267 g/mol. The second-order valence-corrected chi connectivity index (χ2v) is 3.49. The van der Waals surface area contributed by atoms with Crippen molar-refractivity contribution < 1.29 is 24.2 Å². The number of ether oxygens (including phenoxy) is 1. The van der Waals surface area contributed by atoms with Gasteiger partial charge in [-0.05, 0) is 12.1 Å². The van der Waals surface area contributed by atoms with Crippen LogP contribution in [0.25, 0.3) is 0 Å². The number of aliphatic carboxylic acids is 1. The van der Waals surface area contributed by atoms with Gasteiger partial charge in [-0.3, -0.25) is 15.0 Å². The molecule has 0 aromatic carbocycles. The standard InChI is InChI=1S/C11H13N3O5/c1-14(8-4-2-3-5-12-8)11(18)13-9(15)6-19-7-10(16)17/h2-5H,6-7H2,1H3,(H,16,17)(H,13,15,18). The molecule has 0 bridgehead atoms. The van der Waals surface area contributed by atoms with E-state index in [2.05, 4.69) is 9.72 Å². The van der Waals surface area contributed by atoms with Gasteiger partial charge in [-0.15, -0.1) is 0 Å². The highest BCUT2D eigenvalue weighted by atomic mass is 16.5. The number of amides is 3. The smallest absolute Gasteiger partial charge is 0.329 e. The molecule has 0 aliphatic carbocycles. The van der Waals surface area contributed by atoms with Crippen LogP contribution in [-0.2, 0) is 14.3 Å². The molecule has 0 fully saturated rings. The van der Waals surface area contributed by atoms with E-state index in [4.69, 9.17) is 5.11 Å². The third-order valence-electron chi connectivity index (χ3n) is 2.00. The fraction of sp³-hybridized carbons (Fsp3) is 0.273. The van der Waals surface area contributed by atoms with Gasteiger partial charge in [0.2, 0.25) is 0 Å². The quantitative estimate of drug-likeness (QED) is 0.768. The Kier molecular flexibility index (Phi) is 5.42. The van der Waals surface area contributed by atoms with Crippen molar-refractivity contribution in [2.24, 2.45) is 0 Å². The molecule has 8 heteroatoms. The van der Waals surface area contributed by atoms with Gasteiger partial charge in [-0.2, -0.15) is 0 Å². The SMILES string of the molecule is CN(C(=O)NC(=O)COCC(=O)O)c1ccccn1. The summed E-state index contributed by atoms with van der Waals surface area (Å²) in [6, 6.07) is 4.32. The molecule has 102 valence electrons. The summed E-state index contributed by atoms with van der Waals surface area (Å²) in [5.74, 6) is -1.54. The Labute approximate surface area is 109 Å². The number of urea groups is 1. The van der Waals surface area contributed by atoms with E-state index < -0.39 is 31.1 Å². The first-order valence-electron chi connectivity index (χ1n) is 5.29. The van der Waals surface area contributed by atoms with Crippen LogP contribution in [0.1, 0.15) is 0 Å². The lowest BCUT2D eigenvalue weighted by molar-refractivity contribution is -0.143. The average Bonchev–Trinajstić information content (AvgIpc) is 2.38. The van der Waals surface area contributed by atoms with Crippen LogP contribution in [0.3, 0.4) is 0 Å². The predicted octanol–water partition coefficient (Wildman–Crippen LogP) is -0.145. The minimum Gasteiger partial charge on any atom is -0.480 e. The summed E-state index contributed by atoms with van der Waals surface area (Å²) in [5, 5.41) is 10.3. The number of hydrogen-bond acceptors (Lipinski definition) is 5. The number of nitrogens with zero attached hydrogens (tertiary/aromatic N) is 2. The molecule has 2 N–H and O–H groups in total. The lowest BCUT2D eigenvalue weighted by Crippen LogP contribution is -2.42. The van der Waals surface area contributed by atoms with Crippen LogP contribution in [0.4, 0.5) is 10.6 Å². The Morgan fingerprint density at radius 3 is 2.68 bits per heavy atom. The maximum absolute atomic E-state index is 11.6. The molecule has 0 unspecified atom stereocenters. The first-order valence-corrected chi connectivity index (χ1v) is 5.29. The molecule has 0 aliphatic rings. The van der Waals surface area contributed by atoms with Gasteiger partial charge in [0.1, 0.15) is 19.0 Å². The van der Waals surface area contributed by atoms with Gasteiger partial charge in [0.15, 0.2) is 0 Å². The number of carboxylic acids is 1. The Morgan fingerprint density at radius 2 is 2.11 bits per heavy atom. The molecule has 8 nitrogen and oxygen atoms in total. The van der Waals surface area contributed by atoms with Crippen molar-refractivity contribution >= 4 is 23.7 Å². The Balaban J connectivity index is 2.42. The molecule has 0 radical (unpaired) electrons. The zero-order chi connectivity index (χ0) is 14.3. The van der Waals surface area contributed by atoms with Crippen LogP contribution in [0, 0.1) is 0 Å². The van der Waals surface area contributed by atoms with E-state index in [0.29, 0.717) is 5.82 Å². The summed E-state index contributed by atoms with van der Waals surface area (Å²) in [6.07, 6.45) is 1.51. The van der Waals surface area contributed by atoms with E-state index in [0.717, 1.165) is 4.90 Å². The predicted molar refractivity (Wildman–Crippen MR) is 64.6 cm³/mol. The Hall–Kier alpha value is -2.48. The molecule has 0 spiro atoms. The number of imide groups is 1. The van der Waals surface area contributed by atoms with Crippen LogP contribution in [0.2, 0.25) is 0 Å². The van der Waals surface area contributed by atoms with Gasteiger partial charge in [0.05, 0.1) is 0 Å². The Morgan fingerprint density at radius 1 is 1.37 bits per heavy atom. The van der Waals surface area contributed by atoms with Gasteiger partial charge in [0.25, 0.3) is 5.91 Å². The molecular formula is C11H13N3O5. The second-order valence-electron chi connectivity index (χ2n) is 3.49. The molecular weight excluding hydrogens is 254 g/mol. The van der Waals surface area contributed by atoms with Crippen LogP contribution in [0.15, 0.2) is 24.4 Å². The van der Waals surface area contributed by atoms with Gasteiger partial charge in [0, 0.05) is 13.2 Å². The fourth-order valence-corrected chi connectivity index (χ4v) is 1.13. The molecule has 1 aromatic rings. The minimum absolute atomic E-state index is 0.374. The number of carboxylic acid groups (broad SMARTS) is 1. The number of anilines is 1. The van der Waals surface area contributed by atoms with E-state index in [1.165, 1.54) is 13.2 Å². The molecule has 3 amide bonds. The van der Waals surface area contributed by atoms with Crippen molar-refractivity contribution in [2.45, 2.75) is 0 Å². The molecule has 0 saturated heterocycles. The Bertz CT molecular complexity index is 463. The number of nitrogens with one attached hydrogen (secondary N) is 1. The first kappa shape index (κ1) is 14.6. The van der Waals surface area contributed by atoms with Gasteiger partial charge in [-0.1, -0.05) is 6.07 Å². The normalized spacial score (nSPS) is 9.74. The molecule has 1 rings (SSSR count). The third-order valence-corrected chi connectivity index (χ3v) is 2.00. The van der Waals surface area contributed by atoms with Crippen LogP contribution < -0.4 is 10.2 Å². The largest absolute Gasteiger partial charge is 0.480 e. The highest BCUT2D eigenvalue weighted by Crippen LogP contribution is 2.06. The third kappa shape index (κ3) is 5.13. The van der Waals surface area contributed by atoms with E-state index in [1.54, 1.807) is 18.2 Å². The lowest BCUT2D eigenvalue weighted by Gasteiger charge is -2.15. The number of aromatic nitrogens is 1. The van der Waals surface area contributed by atoms with Crippen LogP contribution in [0.5, 0.6) is 0 Å². The highest BCUT2D eigenvalue weighted by Gasteiger charge is 2.14. The second kappa shape index (κ2) is 7.07. The number of rotatable bonds is 5. The monoisotopic (exact) mass is 267 g/mol. The maximum atomic E-state index is 11.6. The van der Waals surface area contributed by atoms with Crippen molar-refractivity contribution in [1.82, 2.24) is 10.3 Å². The van der Waals surface area contributed by atoms with Crippen molar-refractivity contribution in [2.75, 3.05) is 25.2 Å². The summed E-state index contributed by atoms with van der Waals surface area (Å²) >= 11 is 0. The van der Waals surface area contributed by atoms with Crippen LogP contribution >= 0.6 is 0 Å². The van der Waals surface area contributed by atoms with E-state index in [1.807, 2.05) is 5.32 Å². The lowest BCUT2D eigenvalue weighted by atomic mass is 10.4. The topological polar surface area (TPSA) is 109 Å². The first-order chi connectivity index (χ1) is 9.00. The maximum Gasteiger partial charge on any atom is 0.329 e. The zero-order valence-electron chi connectivity index (χ0n) is 10.2. The molecule has 0 aliphatic heterocycles. The van der Waals surface area contributed by atoms with Crippen molar-refractivity contribution in [1.29, 1.82) is 0 Å². The van der Waals surface area contributed by atoms with Crippen molar-refractivity contribution in [3.8, 4) is 0 Å². The van der Waals surface area contributed by atoms with Gasteiger partial charge in [-0.25, -0.2) is 14.6 Å². The fourth-order valence-electron chi connectivity index (χ4n) is 1.13. The minimum atomic E-state index is -1.19. The number of carbonyl (C=O) groups is 3. The van der Waals surface area contributed by atoms with Crippen molar-refractivity contribution in [3.05, 3.63) is 24.4 Å². The number of pyridine rings is 1. The van der Waals surface area contributed by atoms with Gasteiger partial charge >= 0.3 is 12.0 Å². The molecule has 0 atom stereocenters. The summed E-state index contributed by atoms with van der Waals surface area (Å²) in [7, 11) is 1.45. The molecule has 0 saturated carbocycles. The summed E-state index contributed by atoms with van der Waals surface area (Å²) in [6.45, 7) is -1.11. The molecule has 1 heterocycles. The summed E-state index contributed by atoms with van der Waals surface area (Å²) in [5.41, 5.74) is 0. The zero-order valence-corrected chi connectivity index (χ0v) is 10.2. The molecule has 1 aromatic heterocycles. The summed E-state index contributed by atoms with van der Waals surface area (Å²) < 4.78 is 4.55. The van der Waals surface area contributed by atoms with E-state index >= 15 is 0 Å². The van der Waals surface area contributed by atoms with Crippen molar-refractivity contribution in [3.63, 3.8) is 0 Å². The summed E-state index contributed by atoms with van der Waals surface area (Å²) in [4.78, 5) is 38.1. The van der Waals surface area contributed by atoms with E-state index in [-0.39, 0.29) is 0 Å². The number of hydrogen-bond donors (Lipinski definition) is 2. The highest BCUT2D eigenvalue weighted by molar-refractivity contribution is 6.02. The van der Waals surface area contributed by atoms with E-state index in [9.17, 15) is 14.4 Å². The number of carbonyl (C=O) groups excluding carboxylic acids is 2. The van der Waals surface area contributed by atoms with Gasteiger partial charge < -0.3 is 9.84 Å². The molecule has 19 heavy (non-hydrogen) atoms. The van der Waals surface area contributed by atoms with Crippen LogP contribution in [-0.4, -0.2) is 48.3 Å².